The van der Waals surface area contributed by atoms with E-state index in [9.17, 15) is 14.4 Å². The van der Waals surface area contributed by atoms with Gasteiger partial charge in [-0.3, -0.25) is 9.59 Å². The molecule has 0 saturated heterocycles. The van der Waals surface area contributed by atoms with Gasteiger partial charge in [0.15, 0.2) is 6.61 Å². The highest BCUT2D eigenvalue weighted by atomic mass is 16.5. The molecule has 2 rings (SSSR count). The van der Waals surface area contributed by atoms with E-state index in [1.54, 1.807) is 0 Å². The number of aldehydes is 1. The molecule has 5 heteroatoms. The molecule has 0 bridgehead atoms. The molecule has 1 aromatic carbocycles. The summed E-state index contributed by atoms with van der Waals surface area (Å²) in [5, 5.41) is 2.88. The van der Waals surface area contributed by atoms with Gasteiger partial charge in [0.1, 0.15) is 6.29 Å². The maximum absolute atomic E-state index is 11.8. The van der Waals surface area contributed by atoms with E-state index in [2.05, 4.69) is 5.32 Å². The Labute approximate surface area is 123 Å². The minimum atomic E-state index is -0.564. The van der Waals surface area contributed by atoms with Crippen LogP contribution in [-0.2, 0) is 9.53 Å². The van der Waals surface area contributed by atoms with Crippen LogP contribution in [0.5, 0.6) is 0 Å². The van der Waals surface area contributed by atoms with Crippen LogP contribution in [0.2, 0.25) is 0 Å². The Kier molecular flexibility index (Phi) is 5.49. The van der Waals surface area contributed by atoms with E-state index in [0.29, 0.717) is 17.4 Å². The standard InChI is InChI=1S/C16H19NO4/c18-10-12-6-8-13(9-7-12)16(20)21-11-15(19)17-14-4-2-1-3-5-14/h6-10,14H,1-5,11H2,(H,17,19). The van der Waals surface area contributed by atoms with Crippen molar-refractivity contribution in [3.05, 3.63) is 35.4 Å². The third-order valence-electron chi connectivity index (χ3n) is 3.59. The molecule has 1 aromatic rings. The lowest BCUT2D eigenvalue weighted by Crippen LogP contribution is -2.38. The quantitative estimate of drug-likeness (QED) is 0.665. The average molecular weight is 289 g/mol. The number of carbonyl (C=O) groups excluding carboxylic acids is 3. The van der Waals surface area contributed by atoms with Gasteiger partial charge in [0.05, 0.1) is 5.56 Å². The molecule has 1 aliphatic rings. The molecule has 0 unspecified atom stereocenters. The van der Waals surface area contributed by atoms with Gasteiger partial charge in [0.2, 0.25) is 0 Å². The maximum Gasteiger partial charge on any atom is 0.338 e. The fourth-order valence-electron chi connectivity index (χ4n) is 2.43. The van der Waals surface area contributed by atoms with Crippen molar-refractivity contribution in [2.24, 2.45) is 0 Å². The van der Waals surface area contributed by atoms with Crippen LogP contribution in [0.1, 0.15) is 52.8 Å². The Morgan fingerprint density at radius 1 is 1.14 bits per heavy atom. The molecule has 112 valence electrons. The number of amides is 1. The Bertz CT molecular complexity index is 504. The highest BCUT2D eigenvalue weighted by molar-refractivity contribution is 5.92. The molecule has 1 saturated carbocycles. The molecule has 1 aliphatic carbocycles. The van der Waals surface area contributed by atoms with Crippen molar-refractivity contribution in [2.75, 3.05) is 6.61 Å². The minimum absolute atomic E-state index is 0.205. The highest BCUT2D eigenvalue weighted by Gasteiger charge is 2.17. The van der Waals surface area contributed by atoms with Crippen LogP contribution < -0.4 is 5.32 Å². The fourth-order valence-corrected chi connectivity index (χ4v) is 2.43. The second-order valence-corrected chi connectivity index (χ2v) is 5.22. The summed E-state index contributed by atoms with van der Waals surface area (Å²) in [5.41, 5.74) is 0.813. The first kappa shape index (κ1) is 15.2. The molecule has 1 amide bonds. The number of benzene rings is 1. The van der Waals surface area contributed by atoms with E-state index in [4.69, 9.17) is 4.74 Å². The van der Waals surface area contributed by atoms with E-state index in [-0.39, 0.29) is 18.6 Å². The van der Waals surface area contributed by atoms with Crippen LogP contribution >= 0.6 is 0 Å². The van der Waals surface area contributed by atoms with Gasteiger partial charge in [-0.2, -0.15) is 0 Å². The van der Waals surface area contributed by atoms with Crippen molar-refractivity contribution >= 4 is 18.2 Å². The summed E-state index contributed by atoms with van der Waals surface area (Å²) in [5.74, 6) is -0.828. The van der Waals surface area contributed by atoms with Crippen molar-refractivity contribution in [3.63, 3.8) is 0 Å². The van der Waals surface area contributed by atoms with Crippen molar-refractivity contribution in [2.45, 2.75) is 38.1 Å². The van der Waals surface area contributed by atoms with Crippen LogP contribution in [0.15, 0.2) is 24.3 Å². The predicted molar refractivity (Wildman–Crippen MR) is 77.1 cm³/mol. The number of carbonyl (C=O) groups is 3. The zero-order chi connectivity index (χ0) is 15.1. The van der Waals surface area contributed by atoms with Gasteiger partial charge in [0, 0.05) is 11.6 Å². The molecule has 21 heavy (non-hydrogen) atoms. The van der Waals surface area contributed by atoms with Gasteiger partial charge in [0.25, 0.3) is 5.91 Å². The average Bonchev–Trinajstić information content (AvgIpc) is 2.53. The summed E-state index contributed by atoms with van der Waals surface area (Å²) >= 11 is 0. The van der Waals surface area contributed by atoms with Crippen molar-refractivity contribution in [1.29, 1.82) is 0 Å². The first-order valence-corrected chi connectivity index (χ1v) is 7.21. The van der Waals surface area contributed by atoms with E-state index in [1.165, 1.54) is 30.7 Å². The lowest BCUT2D eigenvalue weighted by molar-refractivity contribution is -0.125. The molecule has 1 N–H and O–H groups in total. The van der Waals surface area contributed by atoms with E-state index < -0.39 is 5.97 Å². The Hall–Kier alpha value is -2.17. The molecule has 0 aromatic heterocycles. The minimum Gasteiger partial charge on any atom is -0.452 e. The van der Waals surface area contributed by atoms with Gasteiger partial charge in [-0.05, 0) is 25.0 Å². The van der Waals surface area contributed by atoms with Crippen molar-refractivity contribution in [3.8, 4) is 0 Å². The first-order chi connectivity index (χ1) is 10.2. The Morgan fingerprint density at radius 3 is 2.43 bits per heavy atom. The van der Waals surface area contributed by atoms with Gasteiger partial charge in [-0.1, -0.05) is 31.4 Å². The third kappa shape index (κ3) is 4.70. The zero-order valence-corrected chi connectivity index (χ0v) is 11.8. The van der Waals surface area contributed by atoms with Crippen molar-refractivity contribution < 1.29 is 19.1 Å². The fraction of sp³-hybridized carbons (Fsp3) is 0.438. The first-order valence-electron chi connectivity index (χ1n) is 7.21. The van der Waals surface area contributed by atoms with E-state index in [0.717, 1.165) is 25.7 Å². The van der Waals surface area contributed by atoms with Crippen LogP contribution in [0.4, 0.5) is 0 Å². The highest BCUT2D eigenvalue weighted by Crippen LogP contribution is 2.17. The second-order valence-electron chi connectivity index (χ2n) is 5.22. The van der Waals surface area contributed by atoms with E-state index in [1.807, 2.05) is 0 Å². The van der Waals surface area contributed by atoms with Gasteiger partial charge in [-0.25, -0.2) is 4.79 Å². The largest absolute Gasteiger partial charge is 0.452 e. The molecule has 5 nitrogen and oxygen atoms in total. The summed E-state index contributed by atoms with van der Waals surface area (Å²) < 4.78 is 4.97. The van der Waals surface area contributed by atoms with Crippen LogP contribution in [0.25, 0.3) is 0 Å². The normalized spacial score (nSPS) is 15.2. The second kappa shape index (κ2) is 7.57. The van der Waals surface area contributed by atoms with Gasteiger partial charge >= 0.3 is 5.97 Å². The number of nitrogens with one attached hydrogen (secondary N) is 1. The van der Waals surface area contributed by atoms with Gasteiger partial charge < -0.3 is 10.1 Å². The molecule has 0 atom stereocenters. The molecular weight excluding hydrogens is 270 g/mol. The number of ether oxygens (including phenoxy) is 1. The van der Waals surface area contributed by atoms with Crippen molar-refractivity contribution in [1.82, 2.24) is 5.32 Å². The molecule has 0 heterocycles. The third-order valence-corrected chi connectivity index (χ3v) is 3.59. The summed E-state index contributed by atoms with van der Waals surface area (Å²) in [6, 6.07) is 6.28. The number of hydrogen-bond acceptors (Lipinski definition) is 4. The maximum atomic E-state index is 11.8. The molecule has 0 aliphatic heterocycles. The van der Waals surface area contributed by atoms with Gasteiger partial charge in [-0.15, -0.1) is 0 Å². The van der Waals surface area contributed by atoms with Crippen LogP contribution in [0, 0.1) is 0 Å². The molecule has 0 spiro atoms. The summed E-state index contributed by atoms with van der Waals surface area (Å²) in [4.78, 5) is 34.0. The zero-order valence-electron chi connectivity index (χ0n) is 11.8. The number of esters is 1. The lowest BCUT2D eigenvalue weighted by atomic mass is 9.95. The summed E-state index contributed by atoms with van der Waals surface area (Å²) in [6.07, 6.45) is 6.17. The molecule has 0 radical (unpaired) electrons. The van der Waals surface area contributed by atoms with Crippen LogP contribution in [-0.4, -0.2) is 30.8 Å². The summed E-state index contributed by atoms with van der Waals surface area (Å²) in [7, 11) is 0. The lowest BCUT2D eigenvalue weighted by Gasteiger charge is -2.22. The number of rotatable bonds is 5. The molecule has 1 fully saturated rings. The van der Waals surface area contributed by atoms with E-state index >= 15 is 0 Å². The monoisotopic (exact) mass is 289 g/mol. The topological polar surface area (TPSA) is 72.5 Å². The molecular formula is C16H19NO4. The predicted octanol–water partition coefficient (Wildman–Crippen LogP) is 2.10. The smallest absolute Gasteiger partial charge is 0.338 e. The Balaban J connectivity index is 1.76. The number of hydrogen-bond donors (Lipinski definition) is 1. The Morgan fingerprint density at radius 2 is 1.81 bits per heavy atom. The SMILES string of the molecule is O=Cc1ccc(C(=O)OCC(=O)NC2CCCCC2)cc1. The van der Waals surface area contributed by atoms with Crippen LogP contribution in [0.3, 0.4) is 0 Å². The summed E-state index contributed by atoms with van der Waals surface area (Å²) in [6.45, 7) is -0.273.